The molecule has 1 rings (SSSR count). The van der Waals surface area contributed by atoms with Crippen molar-refractivity contribution in [2.24, 2.45) is 13.0 Å². The van der Waals surface area contributed by atoms with Crippen molar-refractivity contribution in [3.63, 3.8) is 0 Å². The summed E-state index contributed by atoms with van der Waals surface area (Å²) in [5.41, 5.74) is 0.494. The van der Waals surface area contributed by atoms with E-state index in [0.29, 0.717) is 17.9 Å². The largest absolute Gasteiger partial charge is 0.388 e. The van der Waals surface area contributed by atoms with Gasteiger partial charge in [-0.05, 0) is 26.2 Å². The molecule has 0 bridgehead atoms. The first-order valence-corrected chi connectivity index (χ1v) is 6.22. The molecule has 0 radical (unpaired) electrons. The van der Waals surface area contributed by atoms with E-state index in [2.05, 4.69) is 10.4 Å². The lowest BCUT2D eigenvalue weighted by Crippen LogP contribution is -2.41. The minimum Gasteiger partial charge on any atom is -0.388 e. The summed E-state index contributed by atoms with van der Waals surface area (Å²) in [5.74, 6) is 0.196. The molecule has 0 saturated carbocycles. The Labute approximate surface area is 108 Å². The van der Waals surface area contributed by atoms with Crippen LogP contribution in [-0.4, -0.2) is 32.9 Å². The molecule has 0 spiro atoms. The van der Waals surface area contributed by atoms with Crippen molar-refractivity contribution in [1.29, 1.82) is 0 Å². The van der Waals surface area contributed by atoms with Gasteiger partial charge in [0.1, 0.15) is 0 Å². The molecule has 1 atom stereocenters. The lowest BCUT2D eigenvalue weighted by Gasteiger charge is -2.25. The van der Waals surface area contributed by atoms with Crippen molar-refractivity contribution in [1.82, 2.24) is 15.1 Å². The van der Waals surface area contributed by atoms with Crippen molar-refractivity contribution in [2.75, 3.05) is 6.54 Å². The zero-order valence-electron chi connectivity index (χ0n) is 11.8. The molecule has 18 heavy (non-hydrogen) atoms. The molecule has 5 nitrogen and oxygen atoms in total. The highest BCUT2D eigenvalue weighted by Gasteiger charge is 2.23. The van der Waals surface area contributed by atoms with Gasteiger partial charge in [-0.1, -0.05) is 13.8 Å². The predicted molar refractivity (Wildman–Crippen MR) is 70.4 cm³/mol. The van der Waals surface area contributed by atoms with Gasteiger partial charge in [0.05, 0.1) is 17.4 Å². The van der Waals surface area contributed by atoms with Crippen LogP contribution in [0.4, 0.5) is 0 Å². The quantitative estimate of drug-likeness (QED) is 0.830. The predicted octanol–water partition coefficient (Wildman–Crippen LogP) is 1.26. The van der Waals surface area contributed by atoms with Crippen LogP contribution in [0.2, 0.25) is 0 Å². The number of hydrogen-bond donors (Lipinski definition) is 2. The minimum absolute atomic E-state index is 0.190. The van der Waals surface area contributed by atoms with E-state index in [1.807, 2.05) is 20.8 Å². The number of aliphatic hydroxyl groups is 1. The monoisotopic (exact) mass is 253 g/mol. The minimum atomic E-state index is -0.875. The van der Waals surface area contributed by atoms with Crippen LogP contribution in [0.15, 0.2) is 6.20 Å². The third-order valence-electron chi connectivity index (χ3n) is 2.96. The van der Waals surface area contributed by atoms with Gasteiger partial charge in [0.25, 0.3) is 5.91 Å². The van der Waals surface area contributed by atoms with Gasteiger partial charge >= 0.3 is 0 Å². The van der Waals surface area contributed by atoms with E-state index in [1.54, 1.807) is 24.9 Å². The summed E-state index contributed by atoms with van der Waals surface area (Å²) in [6.07, 6.45) is 2.20. The van der Waals surface area contributed by atoms with Crippen LogP contribution in [0.5, 0.6) is 0 Å². The lowest BCUT2D eigenvalue weighted by molar-refractivity contribution is 0.0368. The lowest BCUT2D eigenvalue weighted by atomic mass is 9.94. The van der Waals surface area contributed by atoms with Crippen LogP contribution in [0.25, 0.3) is 0 Å². The molecule has 0 aliphatic rings. The molecule has 0 saturated heterocycles. The van der Waals surface area contributed by atoms with Crippen molar-refractivity contribution in [3.8, 4) is 0 Å². The summed E-state index contributed by atoms with van der Waals surface area (Å²) >= 11 is 0. The average molecular weight is 253 g/mol. The average Bonchev–Trinajstić information content (AvgIpc) is 2.55. The Kier molecular flexibility index (Phi) is 4.51. The highest BCUT2D eigenvalue weighted by atomic mass is 16.3. The molecule has 1 aromatic rings. The highest BCUT2D eigenvalue weighted by molar-refractivity contribution is 5.95. The second kappa shape index (κ2) is 5.52. The fourth-order valence-corrected chi connectivity index (χ4v) is 2.04. The summed E-state index contributed by atoms with van der Waals surface area (Å²) in [6.45, 7) is 7.92. The second-order valence-corrected chi connectivity index (χ2v) is 5.54. The Bertz CT molecular complexity index is 422. The molecule has 0 aliphatic heterocycles. The molecule has 0 fully saturated rings. The number of aryl methyl sites for hydroxylation is 1. The first-order valence-electron chi connectivity index (χ1n) is 6.22. The maximum atomic E-state index is 11.9. The van der Waals surface area contributed by atoms with Crippen molar-refractivity contribution in [2.45, 2.75) is 39.7 Å². The van der Waals surface area contributed by atoms with Crippen molar-refractivity contribution in [3.05, 3.63) is 17.5 Å². The van der Waals surface area contributed by atoms with E-state index in [0.717, 1.165) is 5.69 Å². The van der Waals surface area contributed by atoms with E-state index in [1.165, 1.54) is 0 Å². The van der Waals surface area contributed by atoms with Gasteiger partial charge in [-0.3, -0.25) is 9.48 Å². The fraction of sp³-hybridized carbons (Fsp3) is 0.692. The number of aromatic nitrogens is 2. The molecule has 0 aliphatic carbocycles. The molecule has 102 valence electrons. The normalized spacial score (nSPS) is 14.6. The van der Waals surface area contributed by atoms with Crippen molar-refractivity contribution < 1.29 is 9.90 Å². The first-order chi connectivity index (χ1) is 8.23. The van der Waals surface area contributed by atoms with E-state index in [-0.39, 0.29) is 12.5 Å². The third kappa shape index (κ3) is 3.84. The van der Waals surface area contributed by atoms with Crippen LogP contribution in [-0.2, 0) is 7.05 Å². The Morgan fingerprint density at radius 1 is 1.61 bits per heavy atom. The Balaban J connectivity index is 2.59. The number of amides is 1. The topological polar surface area (TPSA) is 67.2 Å². The molecule has 1 amide bonds. The molecule has 5 heteroatoms. The number of nitrogens with one attached hydrogen (secondary N) is 1. The van der Waals surface area contributed by atoms with Crippen LogP contribution in [0.1, 0.15) is 43.2 Å². The number of carbonyl (C=O) groups excluding carboxylic acids is 1. The maximum Gasteiger partial charge on any atom is 0.254 e. The van der Waals surface area contributed by atoms with Crippen LogP contribution >= 0.6 is 0 Å². The number of nitrogens with zero attached hydrogens (tertiary/aromatic N) is 2. The van der Waals surface area contributed by atoms with Gasteiger partial charge in [-0.15, -0.1) is 0 Å². The zero-order chi connectivity index (χ0) is 13.9. The van der Waals surface area contributed by atoms with Gasteiger partial charge in [0.15, 0.2) is 0 Å². The van der Waals surface area contributed by atoms with Gasteiger partial charge in [0.2, 0.25) is 0 Å². The first kappa shape index (κ1) is 14.7. The fourth-order valence-electron chi connectivity index (χ4n) is 2.04. The highest BCUT2D eigenvalue weighted by Crippen LogP contribution is 2.15. The molecule has 1 unspecified atom stereocenters. The van der Waals surface area contributed by atoms with Gasteiger partial charge in [0, 0.05) is 19.3 Å². The zero-order valence-corrected chi connectivity index (χ0v) is 11.8. The molecular weight excluding hydrogens is 230 g/mol. The Hall–Kier alpha value is -1.36. The molecule has 1 heterocycles. The van der Waals surface area contributed by atoms with Crippen LogP contribution in [0.3, 0.4) is 0 Å². The summed E-state index contributed by atoms with van der Waals surface area (Å²) in [4.78, 5) is 11.9. The smallest absolute Gasteiger partial charge is 0.254 e. The van der Waals surface area contributed by atoms with Crippen LogP contribution < -0.4 is 5.32 Å². The van der Waals surface area contributed by atoms with E-state index in [9.17, 15) is 9.90 Å². The molecule has 0 aromatic carbocycles. The number of carbonyl (C=O) groups is 1. The summed E-state index contributed by atoms with van der Waals surface area (Å²) in [6, 6.07) is 0. The summed E-state index contributed by atoms with van der Waals surface area (Å²) in [7, 11) is 1.79. The molecular formula is C13H23N3O2. The summed E-state index contributed by atoms with van der Waals surface area (Å²) < 4.78 is 1.65. The van der Waals surface area contributed by atoms with E-state index < -0.39 is 5.60 Å². The standard InChI is InChI=1S/C13H23N3O2/c1-9(2)6-13(4,18)8-14-12(17)11-7-15-16(5)10(11)3/h7,9,18H,6,8H2,1-5H3,(H,14,17). The molecule has 1 aromatic heterocycles. The van der Waals surface area contributed by atoms with Gasteiger partial charge in [-0.2, -0.15) is 5.10 Å². The number of rotatable bonds is 5. The third-order valence-corrected chi connectivity index (χ3v) is 2.96. The summed E-state index contributed by atoms with van der Waals surface area (Å²) in [5, 5.41) is 16.9. The van der Waals surface area contributed by atoms with Crippen LogP contribution in [0, 0.1) is 12.8 Å². The Morgan fingerprint density at radius 3 is 2.67 bits per heavy atom. The number of hydrogen-bond acceptors (Lipinski definition) is 3. The molecule has 2 N–H and O–H groups in total. The second-order valence-electron chi connectivity index (χ2n) is 5.54. The SMILES string of the molecule is Cc1c(C(=O)NCC(C)(O)CC(C)C)cnn1C. The van der Waals surface area contributed by atoms with Gasteiger partial charge in [-0.25, -0.2) is 0 Å². The van der Waals surface area contributed by atoms with Gasteiger partial charge < -0.3 is 10.4 Å². The Morgan fingerprint density at radius 2 is 2.22 bits per heavy atom. The van der Waals surface area contributed by atoms with Crippen molar-refractivity contribution >= 4 is 5.91 Å². The maximum absolute atomic E-state index is 11.9. The van der Waals surface area contributed by atoms with E-state index in [4.69, 9.17) is 0 Å². The van der Waals surface area contributed by atoms with E-state index >= 15 is 0 Å².